The Kier molecular flexibility index (Phi) is 3.26. The number of aliphatic hydroxyl groups is 1. The fourth-order valence-electron chi connectivity index (χ4n) is 1.55. The molecule has 0 aliphatic heterocycles. The number of nitrogens with two attached hydrogens (primary N) is 1. The number of aryl methyl sites for hydroxylation is 1. The van der Waals surface area contributed by atoms with Crippen molar-refractivity contribution in [2.75, 3.05) is 24.2 Å². The van der Waals surface area contributed by atoms with Crippen molar-refractivity contribution in [2.45, 2.75) is 13.3 Å². The van der Waals surface area contributed by atoms with E-state index in [1.54, 1.807) is 11.3 Å². The van der Waals surface area contributed by atoms with Crippen molar-refractivity contribution in [2.24, 2.45) is 0 Å². The van der Waals surface area contributed by atoms with Crippen molar-refractivity contribution in [3.8, 4) is 0 Å². The lowest BCUT2D eigenvalue weighted by atomic mass is 10.2. The summed E-state index contributed by atoms with van der Waals surface area (Å²) in [6, 6.07) is 3.78. The van der Waals surface area contributed by atoms with E-state index in [2.05, 4.69) is 17.2 Å². The zero-order valence-corrected chi connectivity index (χ0v) is 9.97. The zero-order valence-electron chi connectivity index (χ0n) is 9.16. The van der Waals surface area contributed by atoms with Gasteiger partial charge in [-0.15, -0.1) is 11.3 Å². The molecule has 4 N–H and O–H groups in total. The van der Waals surface area contributed by atoms with E-state index >= 15 is 0 Å². The Morgan fingerprint density at radius 3 is 3.00 bits per heavy atom. The van der Waals surface area contributed by atoms with E-state index in [-0.39, 0.29) is 6.61 Å². The van der Waals surface area contributed by atoms with Crippen LogP contribution in [0, 0.1) is 0 Å². The van der Waals surface area contributed by atoms with E-state index in [4.69, 9.17) is 10.8 Å². The maximum absolute atomic E-state index is 8.81. The third kappa shape index (κ3) is 1.96. The molecule has 4 nitrogen and oxygen atoms in total. The molecule has 0 saturated heterocycles. The molecule has 0 aliphatic rings. The molecular formula is C11H15N3OS. The summed E-state index contributed by atoms with van der Waals surface area (Å²) in [4.78, 5) is 4.49. The lowest BCUT2D eigenvalue weighted by Crippen LogP contribution is -2.05. The predicted molar refractivity (Wildman–Crippen MR) is 69.0 cm³/mol. The maximum atomic E-state index is 8.81. The Hall–Kier alpha value is -1.33. The van der Waals surface area contributed by atoms with Crippen LogP contribution in [0.15, 0.2) is 12.1 Å². The number of benzene rings is 1. The van der Waals surface area contributed by atoms with Crippen LogP contribution < -0.4 is 11.1 Å². The first-order valence-electron chi connectivity index (χ1n) is 5.29. The quantitative estimate of drug-likeness (QED) is 0.710. The summed E-state index contributed by atoms with van der Waals surface area (Å²) in [7, 11) is 0. The van der Waals surface area contributed by atoms with Crippen molar-refractivity contribution in [3.63, 3.8) is 0 Å². The number of hydrogen-bond acceptors (Lipinski definition) is 5. The first kappa shape index (κ1) is 11.2. The molecule has 5 heteroatoms. The van der Waals surface area contributed by atoms with Crippen molar-refractivity contribution < 1.29 is 5.11 Å². The van der Waals surface area contributed by atoms with Crippen LogP contribution >= 0.6 is 11.3 Å². The largest absolute Gasteiger partial charge is 0.397 e. The minimum absolute atomic E-state index is 0.116. The average Bonchev–Trinajstić information content (AvgIpc) is 2.73. The van der Waals surface area contributed by atoms with Gasteiger partial charge in [-0.25, -0.2) is 4.98 Å². The molecule has 0 amide bonds. The third-order valence-electron chi connectivity index (χ3n) is 2.35. The number of thiazole rings is 1. The Bertz CT molecular complexity index is 495. The second-order valence-electron chi connectivity index (χ2n) is 3.49. The van der Waals surface area contributed by atoms with Crippen molar-refractivity contribution in [1.29, 1.82) is 0 Å². The molecule has 16 heavy (non-hydrogen) atoms. The van der Waals surface area contributed by atoms with Crippen LogP contribution in [0.2, 0.25) is 0 Å². The molecule has 0 spiro atoms. The highest BCUT2D eigenvalue weighted by Crippen LogP contribution is 2.33. The van der Waals surface area contributed by atoms with Crippen LogP contribution in [0.3, 0.4) is 0 Å². The number of fused-ring (bicyclic) bond motifs is 1. The van der Waals surface area contributed by atoms with Gasteiger partial charge < -0.3 is 16.2 Å². The summed E-state index contributed by atoms with van der Waals surface area (Å²) in [6.45, 7) is 2.73. The highest BCUT2D eigenvalue weighted by atomic mass is 32.1. The predicted octanol–water partition coefficient (Wildman–Crippen LogP) is 1.85. The Morgan fingerprint density at radius 1 is 1.50 bits per heavy atom. The summed E-state index contributed by atoms with van der Waals surface area (Å²) in [5.41, 5.74) is 8.46. The van der Waals surface area contributed by atoms with E-state index in [0.29, 0.717) is 12.2 Å². The number of anilines is 2. The number of aromatic nitrogens is 1. The lowest BCUT2D eigenvalue weighted by molar-refractivity contribution is 0.311. The van der Waals surface area contributed by atoms with E-state index in [1.807, 2.05) is 12.1 Å². The van der Waals surface area contributed by atoms with Gasteiger partial charge in [0.05, 0.1) is 27.7 Å². The molecule has 0 saturated carbocycles. The van der Waals surface area contributed by atoms with Crippen LogP contribution in [-0.2, 0) is 6.42 Å². The minimum Gasteiger partial charge on any atom is -0.397 e. The highest BCUT2D eigenvalue weighted by Gasteiger charge is 2.09. The molecule has 0 aliphatic carbocycles. The molecule has 0 atom stereocenters. The van der Waals surface area contributed by atoms with Gasteiger partial charge in [0.1, 0.15) is 5.52 Å². The van der Waals surface area contributed by atoms with E-state index in [0.717, 1.165) is 27.3 Å². The van der Waals surface area contributed by atoms with Crippen LogP contribution in [0.25, 0.3) is 10.2 Å². The second kappa shape index (κ2) is 4.67. The molecule has 0 radical (unpaired) electrons. The van der Waals surface area contributed by atoms with E-state index in [1.165, 1.54) is 0 Å². The molecule has 1 aromatic heterocycles. The Morgan fingerprint density at radius 2 is 2.31 bits per heavy atom. The van der Waals surface area contributed by atoms with Crippen molar-refractivity contribution in [3.05, 3.63) is 17.1 Å². The molecule has 0 unspecified atom stereocenters. The van der Waals surface area contributed by atoms with Gasteiger partial charge in [-0.3, -0.25) is 0 Å². The Labute approximate surface area is 98.1 Å². The fraction of sp³-hybridized carbons (Fsp3) is 0.364. The summed E-state index contributed by atoms with van der Waals surface area (Å²) in [5.74, 6) is 0. The van der Waals surface area contributed by atoms with Gasteiger partial charge in [-0.05, 0) is 18.6 Å². The number of aliphatic hydroxyl groups excluding tert-OH is 1. The fourth-order valence-corrected chi connectivity index (χ4v) is 2.58. The molecule has 86 valence electrons. The maximum Gasteiger partial charge on any atom is 0.107 e. The smallest absolute Gasteiger partial charge is 0.107 e. The van der Waals surface area contributed by atoms with Crippen molar-refractivity contribution >= 4 is 32.9 Å². The van der Waals surface area contributed by atoms with Gasteiger partial charge in [0.15, 0.2) is 0 Å². The number of hydrogen-bond donors (Lipinski definition) is 3. The molecule has 2 aromatic rings. The average molecular weight is 237 g/mol. The van der Waals surface area contributed by atoms with Gasteiger partial charge in [0.2, 0.25) is 0 Å². The first-order chi connectivity index (χ1) is 7.76. The topological polar surface area (TPSA) is 71.2 Å². The third-order valence-corrected chi connectivity index (χ3v) is 3.58. The highest BCUT2D eigenvalue weighted by molar-refractivity contribution is 7.19. The number of nitrogens with one attached hydrogen (secondary N) is 1. The molecule has 1 aromatic carbocycles. The molecule has 1 heterocycles. The minimum atomic E-state index is 0.116. The van der Waals surface area contributed by atoms with E-state index < -0.39 is 0 Å². The number of nitrogens with zero attached hydrogens (tertiary/aromatic N) is 1. The van der Waals surface area contributed by atoms with Crippen LogP contribution in [0.1, 0.15) is 11.9 Å². The summed E-state index contributed by atoms with van der Waals surface area (Å²) >= 11 is 1.65. The SMILES string of the molecule is CCc1nc2c(N)ccc(NCCO)c2s1. The standard InChI is InChI=1S/C11H15N3OS/c1-2-9-14-10-7(12)3-4-8(11(10)16-9)13-5-6-15/h3-4,13,15H,2,5-6,12H2,1H3. The van der Waals surface area contributed by atoms with E-state index in [9.17, 15) is 0 Å². The van der Waals surface area contributed by atoms with Gasteiger partial charge in [0, 0.05) is 6.54 Å². The van der Waals surface area contributed by atoms with Gasteiger partial charge >= 0.3 is 0 Å². The Balaban J connectivity index is 2.49. The molecular weight excluding hydrogens is 222 g/mol. The first-order valence-corrected chi connectivity index (χ1v) is 6.10. The normalized spacial score (nSPS) is 10.9. The summed E-state index contributed by atoms with van der Waals surface area (Å²) in [6.07, 6.45) is 0.915. The van der Waals surface area contributed by atoms with Crippen molar-refractivity contribution in [1.82, 2.24) is 4.98 Å². The molecule has 0 fully saturated rings. The lowest BCUT2D eigenvalue weighted by Gasteiger charge is -2.05. The zero-order chi connectivity index (χ0) is 11.5. The number of nitrogen functional groups attached to an aromatic ring is 1. The van der Waals surface area contributed by atoms with Crippen LogP contribution in [0.4, 0.5) is 11.4 Å². The molecule has 2 rings (SSSR count). The van der Waals surface area contributed by atoms with Gasteiger partial charge in [0.25, 0.3) is 0 Å². The summed E-state index contributed by atoms with van der Waals surface area (Å²) < 4.78 is 1.07. The monoisotopic (exact) mass is 237 g/mol. The number of rotatable bonds is 4. The van der Waals surface area contributed by atoms with Gasteiger partial charge in [-0.1, -0.05) is 6.92 Å². The van der Waals surface area contributed by atoms with Gasteiger partial charge in [-0.2, -0.15) is 0 Å². The summed E-state index contributed by atoms with van der Waals surface area (Å²) in [5, 5.41) is 13.1. The van der Waals surface area contributed by atoms with Crippen LogP contribution in [0.5, 0.6) is 0 Å². The molecule has 0 bridgehead atoms. The second-order valence-corrected chi connectivity index (χ2v) is 4.58. The van der Waals surface area contributed by atoms with Crippen LogP contribution in [-0.4, -0.2) is 23.2 Å².